The highest BCUT2D eigenvalue weighted by molar-refractivity contribution is 7.89. The molecule has 0 bridgehead atoms. The van der Waals surface area contributed by atoms with E-state index in [-0.39, 0.29) is 17.9 Å². The molecule has 0 aliphatic carbocycles. The first-order valence-corrected chi connectivity index (χ1v) is 12.4. The molecule has 0 unspecified atom stereocenters. The van der Waals surface area contributed by atoms with Crippen molar-refractivity contribution in [3.05, 3.63) is 102 Å². The Bertz CT molecular complexity index is 1130. The van der Waals surface area contributed by atoms with Crippen molar-refractivity contribution in [3.63, 3.8) is 0 Å². The normalized spacial score (nSPS) is 12.5. The third-order valence-electron chi connectivity index (χ3n) is 4.95. The summed E-state index contributed by atoms with van der Waals surface area (Å²) in [6, 6.07) is 22.8. The first kappa shape index (κ1) is 27.3. The largest absolute Gasteiger partial charge is 0.321 e. The highest BCUT2D eigenvalue weighted by atomic mass is 32.2. The number of carbonyl (C=O) groups is 1. The van der Waals surface area contributed by atoms with Crippen LogP contribution in [0.25, 0.3) is 0 Å². The lowest BCUT2D eigenvalue weighted by atomic mass is 9.99. The van der Waals surface area contributed by atoms with Crippen LogP contribution in [0.3, 0.4) is 0 Å². The van der Waals surface area contributed by atoms with Gasteiger partial charge in [-0.1, -0.05) is 92.7 Å². The van der Waals surface area contributed by atoms with Gasteiger partial charge < -0.3 is 5.73 Å². The number of benzene rings is 3. The molecule has 0 saturated carbocycles. The Balaban J connectivity index is 0.00000199. The fourth-order valence-corrected chi connectivity index (χ4v) is 4.74. The maximum Gasteiger partial charge on any atom is 0.320 e. The number of halogens is 2. The zero-order valence-electron chi connectivity index (χ0n) is 19.3. The first-order valence-electron chi connectivity index (χ1n) is 11.0. The summed E-state index contributed by atoms with van der Waals surface area (Å²) in [7, 11) is -4.29. The van der Waals surface area contributed by atoms with E-state index in [0.29, 0.717) is 15.4 Å². The molecule has 0 radical (unpaired) electrons. The van der Waals surface area contributed by atoms with Gasteiger partial charge in [0.2, 0.25) is 15.8 Å². The summed E-state index contributed by atoms with van der Waals surface area (Å²) in [6.07, 6.45) is -0.0701. The SMILES string of the molecule is CC.N[C@@H](Cc1ccccc1)C(=O)C(F)(F)CN(Cc1ccccc1)S(=O)(=O)c1ccccc1. The van der Waals surface area contributed by atoms with E-state index in [2.05, 4.69) is 0 Å². The van der Waals surface area contributed by atoms with E-state index in [1.807, 2.05) is 13.8 Å². The van der Waals surface area contributed by atoms with Crippen LogP contribution in [0.15, 0.2) is 95.9 Å². The van der Waals surface area contributed by atoms with Gasteiger partial charge in [-0.3, -0.25) is 4.79 Å². The van der Waals surface area contributed by atoms with Crippen LogP contribution < -0.4 is 5.73 Å². The minimum absolute atomic E-state index is 0.0701. The van der Waals surface area contributed by atoms with E-state index in [0.717, 1.165) is 0 Å². The second kappa shape index (κ2) is 12.5. The van der Waals surface area contributed by atoms with Gasteiger partial charge in [0.25, 0.3) is 0 Å². The molecule has 8 heteroatoms. The highest BCUT2D eigenvalue weighted by Crippen LogP contribution is 2.26. The summed E-state index contributed by atoms with van der Waals surface area (Å²) < 4.78 is 57.0. The van der Waals surface area contributed by atoms with Crippen LogP contribution in [0.1, 0.15) is 25.0 Å². The standard InChI is InChI=1S/C24H24F2N2O3S.C2H6/c25-24(26,23(29)22(27)16-19-10-4-1-5-11-19)18-28(17-20-12-6-2-7-13-20)32(30,31)21-14-8-3-9-15-21;1-2/h1-15,22H,16-18,27H2;1-2H3/t22-;/m0./s1. The van der Waals surface area contributed by atoms with Gasteiger partial charge in [0, 0.05) is 6.54 Å². The minimum Gasteiger partial charge on any atom is -0.321 e. The number of rotatable bonds is 10. The second-order valence-corrected chi connectivity index (χ2v) is 9.37. The molecule has 3 rings (SSSR count). The number of Topliss-reactive ketones (excluding diaryl/α,β-unsaturated/α-hetero) is 1. The molecular weight excluding hydrogens is 458 g/mol. The molecule has 0 heterocycles. The molecule has 0 aromatic heterocycles. The Morgan fingerprint density at radius 3 is 1.79 bits per heavy atom. The first-order chi connectivity index (χ1) is 16.2. The Morgan fingerprint density at radius 2 is 1.29 bits per heavy atom. The molecule has 182 valence electrons. The lowest BCUT2D eigenvalue weighted by Gasteiger charge is -2.27. The van der Waals surface area contributed by atoms with Crippen LogP contribution in [0.4, 0.5) is 8.78 Å². The van der Waals surface area contributed by atoms with E-state index in [1.54, 1.807) is 66.7 Å². The van der Waals surface area contributed by atoms with Gasteiger partial charge in [0.15, 0.2) is 0 Å². The number of sulfonamides is 1. The topological polar surface area (TPSA) is 80.5 Å². The monoisotopic (exact) mass is 488 g/mol. The third-order valence-corrected chi connectivity index (χ3v) is 6.76. The number of carbonyl (C=O) groups excluding carboxylic acids is 1. The third kappa shape index (κ3) is 7.28. The zero-order chi connectivity index (χ0) is 25.2. The summed E-state index contributed by atoms with van der Waals surface area (Å²) in [5.74, 6) is -5.46. The van der Waals surface area contributed by atoms with Crippen molar-refractivity contribution in [2.45, 2.75) is 43.7 Å². The van der Waals surface area contributed by atoms with Crippen LogP contribution in [0, 0.1) is 0 Å². The summed E-state index contributed by atoms with van der Waals surface area (Å²) in [5.41, 5.74) is 6.94. The molecule has 3 aromatic carbocycles. The van der Waals surface area contributed by atoms with E-state index in [4.69, 9.17) is 5.73 Å². The number of nitrogens with zero attached hydrogens (tertiary/aromatic N) is 1. The van der Waals surface area contributed by atoms with E-state index < -0.39 is 34.3 Å². The zero-order valence-corrected chi connectivity index (χ0v) is 20.1. The van der Waals surface area contributed by atoms with Crippen molar-refractivity contribution < 1.29 is 22.0 Å². The number of hydrogen-bond acceptors (Lipinski definition) is 4. The quantitative estimate of drug-likeness (QED) is 0.449. The molecule has 0 spiro atoms. The predicted octanol–water partition coefficient (Wildman–Crippen LogP) is 4.68. The maximum absolute atomic E-state index is 15.0. The van der Waals surface area contributed by atoms with Gasteiger partial charge in [-0.15, -0.1) is 0 Å². The smallest absolute Gasteiger partial charge is 0.320 e. The van der Waals surface area contributed by atoms with Crippen molar-refractivity contribution in [1.29, 1.82) is 0 Å². The predicted molar refractivity (Wildman–Crippen MR) is 130 cm³/mol. The van der Waals surface area contributed by atoms with Crippen LogP contribution in [-0.2, 0) is 27.8 Å². The lowest BCUT2D eigenvalue weighted by molar-refractivity contribution is -0.145. The van der Waals surface area contributed by atoms with Crippen molar-refractivity contribution in [1.82, 2.24) is 4.31 Å². The lowest BCUT2D eigenvalue weighted by Crippen LogP contribution is -2.51. The Kier molecular flexibility index (Phi) is 10.0. The molecule has 2 N–H and O–H groups in total. The highest BCUT2D eigenvalue weighted by Gasteiger charge is 2.45. The van der Waals surface area contributed by atoms with Gasteiger partial charge in [-0.05, 0) is 29.7 Å². The molecule has 0 aliphatic rings. The summed E-state index contributed by atoms with van der Waals surface area (Å²) in [4.78, 5) is 12.4. The van der Waals surface area contributed by atoms with Crippen molar-refractivity contribution in [2.24, 2.45) is 5.73 Å². The molecule has 0 fully saturated rings. The van der Waals surface area contributed by atoms with E-state index >= 15 is 8.78 Å². The minimum atomic E-state index is -4.29. The Hall–Kier alpha value is -2.94. The van der Waals surface area contributed by atoms with Gasteiger partial charge in [-0.25, -0.2) is 8.42 Å². The summed E-state index contributed by atoms with van der Waals surface area (Å²) in [6.45, 7) is 2.38. The van der Waals surface area contributed by atoms with Crippen molar-refractivity contribution in [2.75, 3.05) is 6.54 Å². The average Bonchev–Trinajstić information content (AvgIpc) is 2.86. The number of alkyl halides is 2. The summed E-state index contributed by atoms with van der Waals surface area (Å²) in [5, 5.41) is 0. The fraction of sp³-hybridized carbons (Fsp3) is 0.269. The van der Waals surface area contributed by atoms with Crippen LogP contribution in [-0.4, -0.2) is 37.0 Å². The van der Waals surface area contributed by atoms with Crippen molar-refractivity contribution in [3.8, 4) is 0 Å². The fourth-order valence-electron chi connectivity index (χ4n) is 3.29. The molecule has 0 amide bonds. The van der Waals surface area contributed by atoms with Gasteiger partial charge in [-0.2, -0.15) is 13.1 Å². The molecular formula is C26H30F2N2O3S. The Labute approximate surface area is 200 Å². The molecule has 0 saturated heterocycles. The van der Waals surface area contributed by atoms with E-state index in [1.165, 1.54) is 24.3 Å². The van der Waals surface area contributed by atoms with Gasteiger partial charge in [0.05, 0.1) is 17.5 Å². The molecule has 5 nitrogen and oxygen atoms in total. The van der Waals surface area contributed by atoms with Crippen LogP contribution in [0.5, 0.6) is 0 Å². The summed E-state index contributed by atoms with van der Waals surface area (Å²) >= 11 is 0. The van der Waals surface area contributed by atoms with Crippen LogP contribution >= 0.6 is 0 Å². The number of hydrogen-bond donors (Lipinski definition) is 1. The van der Waals surface area contributed by atoms with Gasteiger partial charge in [0.1, 0.15) is 0 Å². The maximum atomic E-state index is 15.0. The molecule has 0 aliphatic heterocycles. The van der Waals surface area contributed by atoms with Crippen LogP contribution in [0.2, 0.25) is 0 Å². The van der Waals surface area contributed by atoms with E-state index in [9.17, 15) is 13.2 Å². The van der Waals surface area contributed by atoms with Crippen molar-refractivity contribution >= 4 is 15.8 Å². The molecule has 1 atom stereocenters. The van der Waals surface area contributed by atoms with Gasteiger partial charge >= 0.3 is 5.92 Å². The molecule has 3 aromatic rings. The second-order valence-electron chi connectivity index (χ2n) is 7.44. The average molecular weight is 489 g/mol. The number of ketones is 1. The number of nitrogens with two attached hydrogens (primary N) is 1. The Morgan fingerprint density at radius 1 is 0.853 bits per heavy atom. The molecule has 34 heavy (non-hydrogen) atoms.